The molecular weight excluding hydrogens is 345 g/mol. The number of amides is 1. The summed E-state index contributed by atoms with van der Waals surface area (Å²) < 4.78 is 0. The highest BCUT2D eigenvalue weighted by molar-refractivity contribution is 6.35. The smallest absolute Gasteiger partial charge is 0.242 e. The number of nitriles is 1. The summed E-state index contributed by atoms with van der Waals surface area (Å²) in [5.74, 6) is -0.0714. The van der Waals surface area contributed by atoms with Gasteiger partial charge in [-0.3, -0.25) is 4.79 Å². The molecule has 6 heteroatoms. The van der Waals surface area contributed by atoms with Crippen molar-refractivity contribution < 1.29 is 4.79 Å². The van der Waals surface area contributed by atoms with Crippen molar-refractivity contribution in [1.82, 2.24) is 4.90 Å². The van der Waals surface area contributed by atoms with E-state index in [1.165, 1.54) is 0 Å². The van der Waals surface area contributed by atoms with Crippen molar-refractivity contribution in [3.8, 4) is 6.07 Å². The van der Waals surface area contributed by atoms with Gasteiger partial charge in [-0.1, -0.05) is 29.3 Å². The second-order valence-corrected chi connectivity index (χ2v) is 6.23. The molecule has 0 aromatic heterocycles. The quantitative estimate of drug-likeness (QED) is 0.852. The van der Waals surface area contributed by atoms with E-state index in [0.717, 1.165) is 11.3 Å². The molecule has 0 aliphatic rings. The van der Waals surface area contributed by atoms with Crippen molar-refractivity contribution in [2.75, 3.05) is 18.9 Å². The van der Waals surface area contributed by atoms with E-state index in [0.29, 0.717) is 15.6 Å². The van der Waals surface area contributed by atoms with E-state index in [2.05, 4.69) is 11.4 Å². The first-order chi connectivity index (χ1) is 11.4. The van der Waals surface area contributed by atoms with Gasteiger partial charge in [0.15, 0.2) is 0 Å². The molecule has 1 atom stereocenters. The fraction of sp³-hybridized carbons (Fsp3) is 0.222. The van der Waals surface area contributed by atoms with Gasteiger partial charge in [-0.2, -0.15) is 5.26 Å². The molecule has 0 heterocycles. The molecule has 2 rings (SSSR count). The second kappa shape index (κ2) is 8.05. The molecule has 0 radical (unpaired) electrons. The number of anilines is 1. The van der Waals surface area contributed by atoms with Gasteiger partial charge in [0.2, 0.25) is 5.91 Å². The fourth-order valence-corrected chi connectivity index (χ4v) is 2.80. The Hall–Kier alpha value is -2.22. The minimum Gasteiger partial charge on any atom is -0.376 e. The first-order valence-corrected chi connectivity index (χ1v) is 8.12. The summed E-state index contributed by atoms with van der Waals surface area (Å²) in [7, 11) is 1.73. The molecule has 4 nitrogen and oxygen atoms in total. The van der Waals surface area contributed by atoms with E-state index < -0.39 is 0 Å². The van der Waals surface area contributed by atoms with Crippen LogP contribution in [0.5, 0.6) is 0 Å². The van der Waals surface area contributed by atoms with E-state index in [-0.39, 0.29) is 18.5 Å². The van der Waals surface area contributed by atoms with E-state index in [9.17, 15) is 4.79 Å². The van der Waals surface area contributed by atoms with Crippen molar-refractivity contribution in [2.24, 2.45) is 0 Å². The maximum atomic E-state index is 12.4. The summed E-state index contributed by atoms with van der Waals surface area (Å²) >= 11 is 12.1. The monoisotopic (exact) mass is 361 g/mol. The predicted octanol–water partition coefficient (Wildman–Crippen LogP) is 4.50. The maximum Gasteiger partial charge on any atom is 0.242 e. The number of nitrogens with zero attached hydrogens (tertiary/aromatic N) is 2. The SMILES string of the molecule is C[C@@H](c1ccc(Cl)cc1Cl)N(C)C(=O)CNc1ccc(C#N)cc1. The number of nitrogens with one attached hydrogen (secondary N) is 1. The molecule has 0 fully saturated rings. The Morgan fingerprint density at radius 1 is 1.25 bits per heavy atom. The summed E-state index contributed by atoms with van der Waals surface area (Å²) in [6.45, 7) is 2.06. The Kier molecular flexibility index (Phi) is 6.08. The third-order valence-electron chi connectivity index (χ3n) is 3.84. The largest absolute Gasteiger partial charge is 0.376 e. The van der Waals surface area contributed by atoms with Crippen molar-refractivity contribution >= 4 is 34.8 Å². The van der Waals surface area contributed by atoms with Crippen molar-refractivity contribution in [2.45, 2.75) is 13.0 Å². The number of hydrogen-bond donors (Lipinski definition) is 1. The Morgan fingerprint density at radius 3 is 2.50 bits per heavy atom. The first kappa shape index (κ1) is 18.1. The van der Waals surface area contributed by atoms with E-state index in [1.54, 1.807) is 48.3 Å². The van der Waals surface area contributed by atoms with Gasteiger partial charge < -0.3 is 10.2 Å². The first-order valence-electron chi connectivity index (χ1n) is 7.37. The van der Waals surface area contributed by atoms with Gasteiger partial charge in [0, 0.05) is 22.8 Å². The average molecular weight is 362 g/mol. The van der Waals surface area contributed by atoms with Crippen LogP contribution in [0, 0.1) is 11.3 Å². The average Bonchev–Trinajstić information content (AvgIpc) is 2.59. The lowest BCUT2D eigenvalue weighted by atomic mass is 10.1. The van der Waals surface area contributed by atoms with Crippen molar-refractivity contribution in [1.29, 1.82) is 5.26 Å². The molecule has 0 aliphatic carbocycles. The van der Waals surface area contributed by atoms with Gasteiger partial charge in [-0.25, -0.2) is 0 Å². The van der Waals surface area contributed by atoms with E-state index >= 15 is 0 Å². The van der Waals surface area contributed by atoms with Gasteiger partial charge in [0.25, 0.3) is 0 Å². The highest BCUT2D eigenvalue weighted by atomic mass is 35.5. The molecule has 0 saturated carbocycles. The zero-order chi connectivity index (χ0) is 17.7. The van der Waals surface area contributed by atoms with Crippen LogP contribution in [0.3, 0.4) is 0 Å². The van der Waals surface area contributed by atoms with Gasteiger partial charge in [-0.05, 0) is 48.9 Å². The van der Waals surface area contributed by atoms with Crippen LogP contribution in [-0.2, 0) is 4.79 Å². The lowest BCUT2D eigenvalue weighted by Crippen LogP contribution is -2.34. The second-order valence-electron chi connectivity index (χ2n) is 5.39. The van der Waals surface area contributed by atoms with Crippen LogP contribution in [-0.4, -0.2) is 24.4 Å². The molecule has 1 amide bonds. The molecule has 2 aromatic carbocycles. The number of rotatable bonds is 5. The van der Waals surface area contributed by atoms with Crippen LogP contribution >= 0.6 is 23.2 Å². The molecule has 0 unspecified atom stereocenters. The number of benzene rings is 2. The molecule has 0 bridgehead atoms. The summed E-state index contributed by atoms with van der Waals surface area (Å²) in [5, 5.41) is 12.9. The lowest BCUT2D eigenvalue weighted by Gasteiger charge is -2.26. The molecule has 1 N–H and O–H groups in total. The van der Waals surface area contributed by atoms with Crippen molar-refractivity contribution in [3.05, 3.63) is 63.6 Å². The summed E-state index contributed by atoms with van der Waals surface area (Å²) in [4.78, 5) is 14.0. The molecule has 0 spiro atoms. The number of carbonyl (C=O) groups is 1. The van der Waals surface area contributed by atoms with Gasteiger partial charge in [0.1, 0.15) is 0 Å². The Bertz CT molecular complexity index is 769. The third-order valence-corrected chi connectivity index (χ3v) is 4.41. The van der Waals surface area contributed by atoms with Gasteiger partial charge in [0.05, 0.1) is 24.2 Å². The molecule has 24 heavy (non-hydrogen) atoms. The summed E-state index contributed by atoms with van der Waals surface area (Å²) in [5.41, 5.74) is 2.21. The van der Waals surface area contributed by atoms with Crippen molar-refractivity contribution in [3.63, 3.8) is 0 Å². The molecular formula is C18H17Cl2N3O. The minimum absolute atomic E-state index is 0.0714. The zero-order valence-corrected chi connectivity index (χ0v) is 14.9. The zero-order valence-electron chi connectivity index (χ0n) is 13.4. The van der Waals surface area contributed by atoms with Crippen LogP contribution in [0.4, 0.5) is 5.69 Å². The fourth-order valence-electron chi connectivity index (χ4n) is 2.23. The molecule has 0 aliphatic heterocycles. The van der Waals surface area contributed by atoms with Crippen LogP contribution in [0.2, 0.25) is 10.0 Å². The molecule has 2 aromatic rings. The van der Waals surface area contributed by atoms with Crippen LogP contribution in [0.25, 0.3) is 0 Å². The number of likely N-dealkylation sites (N-methyl/N-ethyl adjacent to an activating group) is 1. The predicted molar refractivity (Wildman–Crippen MR) is 97.3 cm³/mol. The minimum atomic E-state index is -0.176. The Morgan fingerprint density at radius 2 is 1.92 bits per heavy atom. The molecule has 0 saturated heterocycles. The number of halogens is 2. The number of carbonyl (C=O) groups excluding carboxylic acids is 1. The Balaban J connectivity index is 1.99. The normalized spacial score (nSPS) is 11.5. The van der Waals surface area contributed by atoms with Gasteiger partial charge >= 0.3 is 0 Å². The highest BCUT2D eigenvalue weighted by Gasteiger charge is 2.19. The highest BCUT2D eigenvalue weighted by Crippen LogP contribution is 2.29. The van der Waals surface area contributed by atoms with Gasteiger partial charge in [-0.15, -0.1) is 0 Å². The molecule has 124 valence electrons. The van der Waals surface area contributed by atoms with Crippen LogP contribution in [0.1, 0.15) is 24.1 Å². The van der Waals surface area contributed by atoms with Crippen LogP contribution < -0.4 is 5.32 Å². The standard InChI is InChI=1S/C18H17Cl2N3O/c1-12(16-8-5-14(19)9-17(16)20)23(2)18(24)11-22-15-6-3-13(10-21)4-7-15/h3-9,12,22H,11H2,1-2H3/t12-/m0/s1. The number of hydrogen-bond acceptors (Lipinski definition) is 3. The van der Waals surface area contributed by atoms with E-state index in [4.69, 9.17) is 28.5 Å². The van der Waals surface area contributed by atoms with E-state index in [1.807, 2.05) is 13.0 Å². The topological polar surface area (TPSA) is 56.1 Å². The maximum absolute atomic E-state index is 12.4. The third kappa shape index (κ3) is 4.41. The van der Waals surface area contributed by atoms with Crippen LogP contribution in [0.15, 0.2) is 42.5 Å². The lowest BCUT2D eigenvalue weighted by molar-refractivity contribution is -0.129. The summed E-state index contributed by atoms with van der Waals surface area (Å²) in [6.07, 6.45) is 0. The Labute approximate surface area is 151 Å². The summed E-state index contributed by atoms with van der Waals surface area (Å²) in [6, 6.07) is 14.1.